The summed E-state index contributed by atoms with van der Waals surface area (Å²) in [6.45, 7) is 4.56. The third kappa shape index (κ3) is 7.73. The van der Waals surface area contributed by atoms with Gasteiger partial charge < -0.3 is 15.8 Å². The maximum absolute atomic E-state index is 13.2. The highest BCUT2D eigenvalue weighted by atomic mass is 19.4. The maximum atomic E-state index is 13.2. The number of rotatable bonds is 9. The van der Waals surface area contributed by atoms with Crippen LogP contribution in [0, 0.1) is 5.41 Å². The standard InChI is InChI=1S/C28H28F6N4O2/c1-16(38-25(39)26(2,3)40-23-12-11-21(15-37-23)28(32,33)34)22(18-5-4-6-19(14-18)24(35)36)13-17-7-9-20(10-8-17)27(29,30)31/h4-12,14-16,22H,13H2,1-3H3,(H3,35,36)(H,38,39). The summed E-state index contributed by atoms with van der Waals surface area (Å²) in [5.74, 6) is -1.41. The first kappa shape index (κ1) is 30.5. The molecule has 40 heavy (non-hydrogen) atoms. The number of aromatic nitrogens is 1. The van der Waals surface area contributed by atoms with Crippen LogP contribution in [0.2, 0.25) is 0 Å². The van der Waals surface area contributed by atoms with Gasteiger partial charge in [0.2, 0.25) is 5.88 Å². The summed E-state index contributed by atoms with van der Waals surface area (Å²) in [6, 6.07) is 12.7. The van der Waals surface area contributed by atoms with Crippen LogP contribution in [0.5, 0.6) is 5.88 Å². The first-order valence-electron chi connectivity index (χ1n) is 12.1. The summed E-state index contributed by atoms with van der Waals surface area (Å²) in [7, 11) is 0. The van der Waals surface area contributed by atoms with Gasteiger partial charge in [0.1, 0.15) is 5.84 Å². The molecule has 3 rings (SSSR count). The zero-order valence-corrected chi connectivity index (χ0v) is 21.8. The minimum Gasteiger partial charge on any atom is -0.462 e. The van der Waals surface area contributed by atoms with E-state index in [9.17, 15) is 31.1 Å². The molecule has 12 heteroatoms. The Morgan fingerprint density at radius 1 is 0.975 bits per heavy atom. The smallest absolute Gasteiger partial charge is 0.417 e. The molecule has 3 aromatic rings. The SMILES string of the molecule is CC(NC(=O)C(C)(C)Oc1ccc(C(F)(F)F)cn1)C(Cc1ccc(C(F)(F)F)cc1)c1cccc(C(=N)N)c1. The van der Waals surface area contributed by atoms with Crippen molar-refractivity contribution in [2.24, 2.45) is 5.73 Å². The molecule has 2 unspecified atom stereocenters. The van der Waals surface area contributed by atoms with Gasteiger partial charge in [-0.3, -0.25) is 10.2 Å². The zero-order valence-electron chi connectivity index (χ0n) is 21.8. The van der Waals surface area contributed by atoms with Crippen molar-refractivity contribution in [3.8, 4) is 5.88 Å². The largest absolute Gasteiger partial charge is 0.462 e. The molecule has 0 spiro atoms. The highest BCUT2D eigenvalue weighted by Crippen LogP contribution is 2.32. The van der Waals surface area contributed by atoms with Crippen LogP contribution < -0.4 is 15.8 Å². The van der Waals surface area contributed by atoms with Gasteiger partial charge in [-0.25, -0.2) is 4.98 Å². The average Bonchev–Trinajstić information content (AvgIpc) is 2.86. The molecule has 0 aliphatic carbocycles. The number of nitrogen functional groups attached to an aromatic ring is 1. The fraction of sp³-hybridized carbons (Fsp3) is 0.321. The Balaban J connectivity index is 1.83. The second-order valence-corrected chi connectivity index (χ2v) is 9.80. The number of carbonyl (C=O) groups is 1. The Kier molecular flexibility index (Phi) is 8.81. The third-order valence-electron chi connectivity index (χ3n) is 6.30. The van der Waals surface area contributed by atoms with Crippen molar-refractivity contribution in [2.75, 3.05) is 0 Å². The lowest BCUT2D eigenvalue weighted by molar-refractivity contribution is -0.138. The normalized spacial score (nSPS) is 13.8. The van der Waals surface area contributed by atoms with Crippen LogP contribution in [0.3, 0.4) is 0 Å². The van der Waals surface area contributed by atoms with Crippen molar-refractivity contribution < 1.29 is 35.9 Å². The molecule has 0 saturated heterocycles. The van der Waals surface area contributed by atoms with Crippen molar-refractivity contribution >= 4 is 11.7 Å². The quantitative estimate of drug-likeness (QED) is 0.166. The van der Waals surface area contributed by atoms with E-state index in [1.54, 1.807) is 31.2 Å². The Labute approximate surface area is 227 Å². The average molecular weight is 567 g/mol. The van der Waals surface area contributed by atoms with Crippen LogP contribution in [0.25, 0.3) is 0 Å². The lowest BCUT2D eigenvalue weighted by Crippen LogP contribution is -2.51. The number of amidine groups is 1. The van der Waals surface area contributed by atoms with Gasteiger partial charge in [0, 0.05) is 29.8 Å². The zero-order chi connectivity index (χ0) is 29.9. The number of ether oxygens (including phenoxy) is 1. The van der Waals surface area contributed by atoms with Gasteiger partial charge in [-0.2, -0.15) is 26.3 Å². The Bertz CT molecular complexity index is 1340. The highest BCUT2D eigenvalue weighted by molar-refractivity contribution is 5.95. The summed E-state index contributed by atoms with van der Waals surface area (Å²) in [4.78, 5) is 16.8. The second-order valence-electron chi connectivity index (χ2n) is 9.80. The van der Waals surface area contributed by atoms with Crippen LogP contribution >= 0.6 is 0 Å². The summed E-state index contributed by atoms with van der Waals surface area (Å²) < 4.78 is 83.2. The number of alkyl halides is 6. The van der Waals surface area contributed by atoms with Crippen LogP contribution in [0.4, 0.5) is 26.3 Å². The van der Waals surface area contributed by atoms with Crippen LogP contribution in [0.15, 0.2) is 66.9 Å². The molecule has 0 bridgehead atoms. The predicted molar refractivity (Wildman–Crippen MR) is 137 cm³/mol. The molecule has 0 radical (unpaired) electrons. The van der Waals surface area contributed by atoms with Crippen LogP contribution in [-0.4, -0.2) is 28.4 Å². The fourth-order valence-electron chi connectivity index (χ4n) is 4.00. The molecule has 0 fully saturated rings. The molecule has 1 heterocycles. The third-order valence-corrected chi connectivity index (χ3v) is 6.30. The van der Waals surface area contributed by atoms with E-state index in [0.717, 1.165) is 24.3 Å². The maximum Gasteiger partial charge on any atom is 0.417 e. The van der Waals surface area contributed by atoms with Gasteiger partial charge in [-0.15, -0.1) is 0 Å². The van der Waals surface area contributed by atoms with E-state index in [2.05, 4.69) is 10.3 Å². The topological polar surface area (TPSA) is 101 Å². The van der Waals surface area contributed by atoms with Gasteiger partial charge in [0.25, 0.3) is 5.91 Å². The van der Waals surface area contributed by atoms with Crippen molar-refractivity contribution in [1.29, 1.82) is 5.41 Å². The van der Waals surface area contributed by atoms with Gasteiger partial charge in [0.15, 0.2) is 5.60 Å². The van der Waals surface area contributed by atoms with E-state index in [4.69, 9.17) is 15.9 Å². The lowest BCUT2D eigenvalue weighted by Gasteiger charge is -2.31. The molecule has 1 aromatic heterocycles. The number of hydrogen-bond acceptors (Lipinski definition) is 4. The number of hydrogen-bond donors (Lipinski definition) is 3. The van der Waals surface area contributed by atoms with Gasteiger partial charge in [0.05, 0.1) is 11.1 Å². The molecule has 214 valence electrons. The molecule has 0 saturated carbocycles. The number of pyridine rings is 1. The van der Waals surface area contributed by atoms with E-state index in [1.807, 2.05) is 0 Å². The second kappa shape index (κ2) is 11.6. The monoisotopic (exact) mass is 566 g/mol. The Hall–Kier alpha value is -4.09. The lowest BCUT2D eigenvalue weighted by atomic mass is 9.85. The Morgan fingerprint density at radius 2 is 1.57 bits per heavy atom. The molecule has 0 aliphatic rings. The molecule has 6 nitrogen and oxygen atoms in total. The molecular weight excluding hydrogens is 538 g/mol. The first-order valence-corrected chi connectivity index (χ1v) is 12.1. The van der Waals surface area contributed by atoms with E-state index in [1.165, 1.54) is 26.0 Å². The van der Waals surface area contributed by atoms with Gasteiger partial charge in [-0.05, 0) is 62.6 Å². The molecule has 2 aromatic carbocycles. The minimum absolute atomic E-state index is 0.176. The summed E-state index contributed by atoms with van der Waals surface area (Å²) in [6.07, 6.45) is -8.21. The van der Waals surface area contributed by atoms with Crippen molar-refractivity contribution in [3.63, 3.8) is 0 Å². The number of halogens is 6. The van der Waals surface area contributed by atoms with Crippen molar-refractivity contribution in [2.45, 2.75) is 57.1 Å². The number of nitrogens with two attached hydrogens (primary N) is 1. The highest BCUT2D eigenvalue weighted by Gasteiger charge is 2.35. The number of amides is 1. The van der Waals surface area contributed by atoms with Gasteiger partial charge >= 0.3 is 12.4 Å². The first-order chi connectivity index (χ1) is 18.5. The van der Waals surface area contributed by atoms with Crippen molar-refractivity contribution in [1.82, 2.24) is 10.3 Å². The Morgan fingerprint density at radius 3 is 2.10 bits per heavy atom. The van der Waals surface area contributed by atoms with Crippen LogP contribution in [-0.2, 0) is 23.6 Å². The molecular formula is C28H28F6N4O2. The summed E-state index contributed by atoms with van der Waals surface area (Å²) in [5.41, 5.74) is 4.04. The predicted octanol–water partition coefficient (Wildman–Crippen LogP) is 6.09. The van der Waals surface area contributed by atoms with Crippen molar-refractivity contribution in [3.05, 3.63) is 94.7 Å². The van der Waals surface area contributed by atoms with E-state index < -0.39 is 46.9 Å². The number of benzene rings is 2. The molecule has 0 aliphatic heterocycles. The van der Waals surface area contributed by atoms with Gasteiger partial charge in [-0.1, -0.05) is 30.3 Å². The number of carbonyl (C=O) groups excluding carboxylic acids is 1. The molecule has 1 amide bonds. The van der Waals surface area contributed by atoms with E-state index in [0.29, 0.717) is 22.9 Å². The van der Waals surface area contributed by atoms with Crippen LogP contribution in [0.1, 0.15) is 54.5 Å². The molecule has 4 N–H and O–H groups in total. The number of nitrogens with one attached hydrogen (secondary N) is 2. The van der Waals surface area contributed by atoms with E-state index >= 15 is 0 Å². The summed E-state index contributed by atoms with van der Waals surface area (Å²) >= 11 is 0. The fourth-order valence-corrected chi connectivity index (χ4v) is 4.00. The minimum atomic E-state index is -4.57. The van der Waals surface area contributed by atoms with E-state index in [-0.39, 0.29) is 18.1 Å². The molecule has 2 atom stereocenters. The summed E-state index contributed by atoms with van der Waals surface area (Å²) in [5, 5.41) is 10.6. The number of nitrogens with zero attached hydrogens (tertiary/aromatic N) is 1.